The zero-order chi connectivity index (χ0) is 18.1. The molecule has 2 N–H and O–H groups in total. The summed E-state index contributed by atoms with van der Waals surface area (Å²) in [5.74, 6) is 0.456. The Hall–Kier alpha value is -1.76. The minimum atomic E-state index is -1.08. The number of carbonyl (C=O) groups is 2. The van der Waals surface area contributed by atoms with E-state index in [2.05, 4.69) is 5.32 Å². The molecule has 0 radical (unpaired) electrons. The molecule has 2 heterocycles. The van der Waals surface area contributed by atoms with Gasteiger partial charge in [-0.3, -0.25) is 4.79 Å². The fourth-order valence-electron chi connectivity index (χ4n) is 2.87. The highest BCUT2D eigenvalue weighted by atomic mass is 35.5. The highest BCUT2D eigenvalue weighted by Crippen LogP contribution is 2.36. The molecule has 0 bridgehead atoms. The summed E-state index contributed by atoms with van der Waals surface area (Å²) in [5, 5.41) is 12.4. The first-order valence-corrected chi connectivity index (χ1v) is 9.21. The van der Waals surface area contributed by atoms with Crippen LogP contribution in [-0.2, 0) is 4.79 Å². The molecule has 4 nitrogen and oxygen atoms in total. The summed E-state index contributed by atoms with van der Waals surface area (Å²) in [7, 11) is 0.779. The Bertz CT molecular complexity index is 894. The molecule has 1 aromatic heterocycles. The molecule has 0 aliphatic carbocycles. The van der Waals surface area contributed by atoms with Gasteiger partial charge in [0.2, 0.25) is 0 Å². The second-order valence-electron chi connectivity index (χ2n) is 5.80. The molecule has 1 unspecified atom stereocenters. The van der Waals surface area contributed by atoms with Crippen LogP contribution >= 0.6 is 34.5 Å². The van der Waals surface area contributed by atoms with Crippen LogP contribution in [0.3, 0.4) is 0 Å². The molecule has 8 heteroatoms. The summed E-state index contributed by atoms with van der Waals surface area (Å²) in [5.41, 5.74) is 3.70. The van der Waals surface area contributed by atoms with E-state index in [4.69, 9.17) is 23.2 Å². The Morgan fingerprint density at radius 2 is 2.04 bits per heavy atom. The first-order chi connectivity index (χ1) is 11.9. The van der Waals surface area contributed by atoms with Crippen molar-refractivity contribution in [3.63, 3.8) is 0 Å². The monoisotopic (exact) mass is 393 g/mol. The quantitative estimate of drug-likeness (QED) is 0.767. The summed E-state index contributed by atoms with van der Waals surface area (Å²) in [6.07, 6.45) is 0.226. The Labute approximate surface area is 159 Å². The molecule has 3 rings (SSSR count). The van der Waals surface area contributed by atoms with Crippen molar-refractivity contribution in [3.8, 4) is 0 Å². The number of nitrogens with one attached hydrogen (secondary N) is 1. The topological polar surface area (TPSA) is 66.4 Å². The fourth-order valence-corrected chi connectivity index (χ4v) is 4.33. The van der Waals surface area contributed by atoms with Crippen molar-refractivity contribution in [1.29, 1.82) is 0 Å². The molecule has 0 fully saturated rings. The van der Waals surface area contributed by atoms with Gasteiger partial charge in [-0.15, -0.1) is 17.3 Å². The molecule has 128 valence electrons. The fraction of sp³-hybridized carbons (Fsp3) is 0.176. The molecule has 0 saturated carbocycles. The number of halogens is 2. The van der Waals surface area contributed by atoms with Crippen molar-refractivity contribution in [2.45, 2.75) is 19.4 Å². The van der Waals surface area contributed by atoms with Crippen LogP contribution in [0.15, 0.2) is 30.2 Å². The molecule has 1 amide bonds. The number of carboxylic acids is 1. The molecule has 1 atom stereocenters. The van der Waals surface area contributed by atoms with Gasteiger partial charge in [-0.25, -0.2) is 4.79 Å². The lowest BCUT2D eigenvalue weighted by Gasteiger charge is -2.16. The number of hydrogen-bond acceptors (Lipinski definition) is 3. The predicted octanol–water partition coefficient (Wildman–Crippen LogP) is 3.05. The average Bonchev–Trinajstić information content (AvgIpc) is 3.10. The second-order valence-corrected chi connectivity index (χ2v) is 7.80. The average molecular weight is 394 g/mol. The van der Waals surface area contributed by atoms with E-state index in [9.17, 15) is 14.7 Å². The number of aliphatic carboxylic acids is 1. The molecule has 0 spiro atoms. The second kappa shape index (κ2) is 7.24. The lowest BCUT2D eigenvalue weighted by molar-refractivity contribution is -0.139. The van der Waals surface area contributed by atoms with E-state index in [0.717, 1.165) is 29.8 Å². The molecular formula is C17H14BCl2NO3S. The maximum absolute atomic E-state index is 12.5. The third-order valence-corrected chi connectivity index (χ3v) is 6.38. The largest absolute Gasteiger partial charge is 0.480 e. The molecule has 1 aliphatic rings. The normalized spacial score (nSPS) is 13.6. The zero-order valence-electron chi connectivity index (χ0n) is 13.3. The van der Waals surface area contributed by atoms with Gasteiger partial charge in [-0.1, -0.05) is 58.5 Å². The summed E-state index contributed by atoms with van der Waals surface area (Å²) in [6, 6.07) is 6.85. The van der Waals surface area contributed by atoms with Crippen LogP contribution in [0.1, 0.15) is 27.2 Å². The molecule has 0 saturated heterocycles. The minimum Gasteiger partial charge on any atom is -0.480 e. The van der Waals surface area contributed by atoms with Crippen LogP contribution in [0.25, 0.3) is 5.57 Å². The third-order valence-electron chi connectivity index (χ3n) is 4.20. The smallest absolute Gasteiger partial charge is 0.326 e. The van der Waals surface area contributed by atoms with Crippen LogP contribution in [0, 0.1) is 6.92 Å². The van der Waals surface area contributed by atoms with E-state index in [1.165, 1.54) is 5.46 Å². The van der Waals surface area contributed by atoms with Gasteiger partial charge in [0.05, 0.1) is 9.90 Å². The maximum Gasteiger partial charge on any atom is 0.326 e. The van der Waals surface area contributed by atoms with Gasteiger partial charge in [-0.05, 0) is 18.1 Å². The first kappa shape index (κ1) is 18.0. The minimum absolute atomic E-state index is 0.226. The zero-order valence-corrected chi connectivity index (χ0v) is 15.6. The Balaban J connectivity index is 1.78. The lowest BCUT2D eigenvalue weighted by Crippen LogP contribution is -2.40. The van der Waals surface area contributed by atoms with Crippen LogP contribution in [0.4, 0.5) is 0 Å². The van der Waals surface area contributed by atoms with E-state index in [0.29, 0.717) is 19.8 Å². The number of rotatable bonds is 5. The van der Waals surface area contributed by atoms with Crippen molar-refractivity contribution in [1.82, 2.24) is 5.32 Å². The lowest BCUT2D eigenvalue weighted by atomic mass is 9.73. The van der Waals surface area contributed by atoms with Crippen LogP contribution in [0.2, 0.25) is 9.36 Å². The van der Waals surface area contributed by atoms with Crippen molar-refractivity contribution in [2.75, 3.05) is 0 Å². The van der Waals surface area contributed by atoms with Crippen LogP contribution < -0.4 is 10.8 Å². The number of hydrogen-bond donors (Lipinski definition) is 2. The summed E-state index contributed by atoms with van der Waals surface area (Å²) in [6.45, 7) is 1.69. The molecule has 1 aliphatic heterocycles. The molecule has 1 aromatic carbocycles. The van der Waals surface area contributed by atoms with Crippen molar-refractivity contribution in [2.24, 2.45) is 0 Å². The van der Waals surface area contributed by atoms with Gasteiger partial charge in [0.15, 0.2) is 7.28 Å². The standard InChI is InChI=1S/C17H14BCl2NO3S/c1-8-13(19)15(20)25-14(8)16(22)21-12(17(23)24)6-9-7-18-11-5-3-2-4-10(9)11/h2-5,7,12,18H,6H2,1H3,(H,21,22)(H,23,24). The number of benzene rings is 1. The van der Waals surface area contributed by atoms with Crippen LogP contribution in [0.5, 0.6) is 0 Å². The molecule has 2 aromatic rings. The van der Waals surface area contributed by atoms with Gasteiger partial charge >= 0.3 is 5.97 Å². The molecule has 25 heavy (non-hydrogen) atoms. The van der Waals surface area contributed by atoms with Gasteiger partial charge < -0.3 is 10.4 Å². The van der Waals surface area contributed by atoms with E-state index in [1.807, 2.05) is 30.2 Å². The van der Waals surface area contributed by atoms with E-state index >= 15 is 0 Å². The van der Waals surface area contributed by atoms with Gasteiger partial charge in [0.1, 0.15) is 10.4 Å². The van der Waals surface area contributed by atoms with E-state index < -0.39 is 17.9 Å². The van der Waals surface area contributed by atoms with Gasteiger partial charge in [0.25, 0.3) is 5.91 Å². The summed E-state index contributed by atoms with van der Waals surface area (Å²) < 4.78 is 0.323. The Morgan fingerprint density at radius 1 is 1.32 bits per heavy atom. The molecular weight excluding hydrogens is 380 g/mol. The highest BCUT2D eigenvalue weighted by Gasteiger charge is 2.27. The predicted molar refractivity (Wildman–Crippen MR) is 104 cm³/mol. The van der Waals surface area contributed by atoms with Crippen molar-refractivity contribution >= 4 is 64.7 Å². The third kappa shape index (κ3) is 3.61. The maximum atomic E-state index is 12.5. The first-order valence-electron chi connectivity index (χ1n) is 7.64. The number of amides is 1. The number of carboxylic acid groups (broad SMARTS) is 1. The highest BCUT2D eigenvalue weighted by molar-refractivity contribution is 7.19. The van der Waals surface area contributed by atoms with Crippen LogP contribution in [-0.4, -0.2) is 30.3 Å². The summed E-state index contributed by atoms with van der Waals surface area (Å²) >= 11 is 13.0. The summed E-state index contributed by atoms with van der Waals surface area (Å²) in [4.78, 5) is 24.4. The Morgan fingerprint density at radius 3 is 2.68 bits per heavy atom. The number of thiophene rings is 1. The SMILES string of the molecule is Cc1c(C(=O)NC(CC2=CBc3ccccc32)C(=O)O)sc(Cl)c1Cl. The van der Waals surface area contributed by atoms with E-state index in [-0.39, 0.29) is 6.42 Å². The van der Waals surface area contributed by atoms with Gasteiger partial charge in [0, 0.05) is 6.42 Å². The number of carbonyl (C=O) groups excluding carboxylic acids is 1. The number of fused-ring (bicyclic) bond motifs is 1. The van der Waals surface area contributed by atoms with E-state index in [1.54, 1.807) is 6.92 Å². The van der Waals surface area contributed by atoms with Gasteiger partial charge in [-0.2, -0.15) is 0 Å². The Kier molecular flexibility index (Phi) is 5.23. The van der Waals surface area contributed by atoms with Crippen molar-refractivity contribution < 1.29 is 14.7 Å². The van der Waals surface area contributed by atoms with Crippen molar-refractivity contribution in [3.05, 3.63) is 55.6 Å².